The van der Waals surface area contributed by atoms with Gasteiger partial charge in [-0.25, -0.2) is 0 Å². The predicted molar refractivity (Wildman–Crippen MR) is 58.2 cm³/mol. The summed E-state index contributed by atoms with van der Waals surface area (Å²) in [7, 11) is 0. The number of hydrogen-bond donors (Lipinski definition) is 1. The number of carbonyl (C=O) groups excluding carboxylic acids is 1. The van der Waals surface area contributed by atoms with Gasteiger partial charge in [-0.05, 0) is 23.2 Å². The summed E-state index contributed by atoms with van der Waals surface area (Å²) in [6, 6.07) is 7.42. The second kappa shape index (κ2) is 4.75. The summed E-state index contributed by atoms with van der Waals surface area (Å²) < 4.78 is 5.35. The SMILES string of the molecule is O=C(Cl)c1ccccc1C1COCCN1. The first-order valence-electron chi connectivity index (χ1n) is 4.89. The normalized spacial score (nSPS) is 21.3. The van der Waals surface area contributed by atoms with E-state index in [2.05, 4.69) is 5.32 Å². The Hall–Kier alpha value is -0.900. The van der Waals surface area contributed by atoms with Gasteiger partial charge in [-0.3, -0.25) is 4.79 Å². The molecule has 1 heterocycles. The third-order valence-corrected chi connectivity index (χ3v) is 2.67. The van der Waals surface area contributed by atoms with E-state index in [1.165, 1.54) is 0 Å². The van der Waals surface area contributed by atoms with E-state index >= 15 is 0 Å². The summed E-state index contributed by atoms with van der Waals surface area (Å²) in [6.07, 6.45) is 0. The minimum Gasteiger partial charge on any atom is -0.378 e. The smallest absolute Gasteiger partial charge is 0.252 e. The average molecular weight is 226 g/mol. The molecule has 0 aliphatic carbocycles. The van der Waals surface area contributed by atoms with Crippen LogP contribution in [0.1, 0.15) is 22.0 Å². The zero-order valence-electron chi connectivity index (χ0n) is 8.20. The molecular weight excluding hydrogens is 214 g/mol. The molecule has 4 heteroatoms. The van der Waals surface area contributed by atoms with Gasteiger partial charge < -0.3 is 10.1 Å². The van der Waals surface area contributed by atoms with Gasteiger partial charge in [0.2, 0.25) is 0 Å². The van der Waals surface area contributed by atoms with Crippen molar-refractivity contribution in [2.45, 2.75) is 6.04 Å². The molecule has 0 bridgehead atoms. The van der Waals surface area contributed by atoms with Crippen LogP contribution in [0.5, 0.6) is 0 Å². The van der Waals surface area contributed by atoms with Crippen LogP contribution in [-0.2, 0) is 4.74 Å². The minimum absolute atomic E-state index is 0.0673. The molecule has 0 aromatic heterocycles. The zero-order chi connectivity index (χ0) is 10.7. The van der Waals surface area contributed by atoms with Crippen LogP contribution in [0.2, 0.25) is 0 Å². The van der Waals surface area contributed by atoms with Crippen LogP contribution < -0.4 is 5.32 Å². The number of rotatable bonds is 2. The fraction of sp³-hybridized carbons (Fsp3) is 0.364. The Morgan fingerprint density at radius 1 is 1.47 bits per heavy atom. The third-order valence-electron chi connectivity index (χ3n) is 2.47. The number of carbonyl (C=O) groups is 1. The van der Waals surface area contributed by atoms with Gasteiger partial charge in [0.25, 0.3) is 5.24 Å². The summed E-state index contributed by atoms with van der Waals surface area (Å²) in [4.78, 5) is 11.2. The van der Waals surface area contributed by atoms with Crippen LogP contribution in [0.25, 0.3) is 0 Å². The average Bonchev–Trinajstić information content (AvgIpc) is 2.30. The number of nitrogens with one attached hydrogen (secondary N) is 1. The lowest BCUT2D eigenvalue weighted by molar-refractivity contribution is 0.0764. The van der Waals surface area contributed by atoms with Crippen molar-refractivity contribution in [2.24, 2.45) is 0 Å². The fourth-order valence-corrected chi connectivity index (χ4v) is 1.92. The van der Waals surface area contributed by atoms with E-state index in [0.717, 1.165) is 12.1 Å². The number of morpholine rings is 1. The van der Waals surface area contributed by atoms with Crippen LogP contribution in [0.4, 0.5) is 0 Å². The molecule has 1 aliphatic rings. The van der Waals surface area contributed by atoms with E-state index < -0.39 is 5.24 Å². The van der Waals surface area contributed by atoms with Crippen molar-refractivity contribution < 1.29 is 9.53 Å². The first kappa shape index (κ1) is 10.6. The molecule has 0 radical (unpaired) electrons. The minimum atomic E-state index is -0.419. The molecule has 80 valence electrons. The van der Waals surface area contributed by atoms with Crippen molar-refractivity contribution in [3.05, 3.63) is 35.4 Å². The van der Waals surface area contributed by atoms with Crippen molar-refractivity contribution in [1.82, 2.24) is 5.32 Å². The lowest BCUT2D eigenvalue weighted by Crippen LogP contribution is -2.35. The molecule has 0 spiro atoms. The second-order valence-corrected chi connectivity index (χ2v) is 3.79. The fourth-order valence-electron chi connectivity index (χ4n) is 1.75. The van der Waals surface area contributed by atoms with Gasteiger partial charge in [0.1, 0.15) is 0 Å². The standard InChI is InChI=1S/C11H12ClNO2/c12-11(14)9-4-2-1-3-8(9)10-7-15-6-5-13-10/h1-4,10,13H,5-7H2. The number of benzene rings is 1. The molecule has 1 aliphatic heterocycles. The first-order chi connectivity index (χ1) is 7.29. The predicted octanol–water partition coefficient (Wildman–Crippen LogP) is 1.73. The Bertz CT molecular complexity index is 361. The van der Waals surface area contributed by atoms with Crippen LogP contribution in [0.3, 0.4) is 0 Å². The van der Waals surface area contributed by atoms with Crippen LogP contribution in [-0.4, -0.2) is 25.0 Å². The Labute approximate surface area is 93.4 Å². The zero-order valence-corrected chi connectivity index (χ0v) is 8.96. The molecule has 3 nitrogen and oxygen atoms in total. The van der Waals surface area contributed by atoms with Crippen molar-refractivity contribution in [2.75, 3.05) is 19.8 Å². The Kier molecular flexibility index (Phi) is 3.36. The number of halogens is 1. The molecule has 1 fully saturated rings. The maximum Gasteiger partial charge on any atom is 0.252 e. The molecule has 0 amide bonds. The monoisotopic (exact) mass is 225 g/mol. The topological polar surface area (TPSA) is 38.3 Å². The summed E-state index contributed by atoms with van der Waals surface area (Å²) >= 11 is 5.52. The summed E-state index contributed by atoms with van der Waals surface area (Å²) in [6.45, 7) is 2.10. The second-order valence-electron chi connectivity index (χ2n) is 3.44. The summed E-state index contributed by atoms with van der Waals surface area (Å²) in [5, 5.41) is 2.88. The Morgan fingerprint density at radius 3 is 2.93 bits per heavy atom. The molecule has 0 saturated carbocycles. The summed E-state index contributed by atoms with van der Waals surface area (Å²) in [5.41, 5.74) is 1.47. The third kappa shape index (κ3) is 2.37. The molecule has 1 aromatic rings. The van der Waals surface area contributed by atoms with Crippen LogP contribution in [0.15, 0.2) is 24.3 Å². The lowest BCUT2D eigenvalue weighted by atomic mass is 10.0. The van der Waals surface area contributed by atoms with Crippen molar-refractivity contribution in [1.29, 1.82) is 0 Å². The largest absolute Gasteiger partial charge is 0.378 e. The van der Waals surface area contributed by atoms with Gasteiger partial charge in [-0.15, -0.1) is 0 Å². The van der Waals surface area contributed by atoms with Crippen molar-refractivity contribution in [3.63, 3.8) is 0 Å². The summed E-state index contributed by atoms with van der Waals surface area (Å²) in [5.74, 6) is 0. The molecule has 2 rings (SSSR count). The molecule has 1 N–H and O–H groups in total. The van der Waals surface area contributed by atoms with Crippen molar-refractivity contribution >= 4 is 16.8 Å². The quantitative estimate of drug-likeness (QED) is 0.779. The van der Waals surface area contributed by atoms with Gasteiger partial charge in [-0.2, -0.15) is 0 Å². The van der Waals surface area contributed by atoms with Crippen molar-refractivity contribution in [3.8, 4) is 0 Å². The van der Waals surface area contributed by atoms with Gasteiger partial charge in [0, 0.05) is 12.1 Å². The first-order valence-corrected chi connectivity index (χ1v) is 5.26. The molecule has 1 unspecified atom stereocenters. The van der Waals surface area contributed by atoms with E-state index in [0.29, 0.717) is 18.8 Å². The lowest BCUT2D eigenvalue weighted by Gasteiger charge is -2.25. The van der Waals surface area contributed by atoms with E-state index in [9.17, 15) is 4.79 Å². The molecular formula is C11H12ClNO2. The van der Waals surface area contributed by atoms with Gasteiger partial charge in [0.05, 0.1) is 19.3 Å². The van der Waals surface area contributed by atoms with E-state index in [-0.39, 0.29) is 6.04 Å². The molecule has 1 saturated heterocycles. The maximum absolute atomic E-state index is 11.2. The maximum atomic E-state index is 11.2. The molecule has 1 aromatic carbocycles. The highest BCUT2D eigenvalue weighted by Crippen LogP contribution is 2.21. The molecule has 1 atom stereocenters. The Balaban J connectivity index is 2.29. The number of hydrogen-bond acceptors (Lipinski definition) is 3. The highest BCUT2D eigenvalue weighted by molar-refractivity contribution is 6.67. The molecule has 15 heavy (non-hydrogen) atoms. The number of ether oxygens (including phenoxy) is 1. The van der Waals surface area contributed by atoms with Gasteiger partial charge in [0.15, 0.2) is 0 Å². The van der Waals surface area contributed by atoms with Crippen LogP contribution in [0, 0.1) is 0 Å². The van der Waals surface area contributed by atoms with Crippen LogP contribution >= 0.6 is 11.6 Å². The highest BCUT2D eigenvalue weighted by atomic mass is 35.5. The van der Waals surface area contributed by atoms with Gasteiger partial charge >= 0.3 is 0 Å². The van der Waals surface area contributed by atoms with E-state index in [1.54, 1.807) is 6.07 Å². The highest BCUT2D eigenvalue weighted by Gasteiger charge is 2.19. The van der Waals surface area contributed by atoms with E-state index in [4.69, 9.17) is 16.3 Å². The van der Waals surface area contributed by atoms with Gasteiger partial charge in [-0.1, -0.05) is 18.2 Å². The van der Waals surface area contributed by atoms with E-state index in [1.807, 2.05) is 18.2 Å². The Morgan fingerprint density at radius 2 is 2.27 bits per heavy atom.